The lowest BCUT2D eigenvalue weighted by Gasteiger charge is -2.32. The molecule has 4 nitrogen and oxygen atoms in total. The van der Waals surface area contributed by atoms with Gasteiger partial charge in [-0.3, -0.25) is 4.68 Å². The van der Waals surface area contributed by atoms with Gasteiger partial charge in [-0.25, -0.2) is 0 Å². The summed E-state index contributed by atoms with van der Waals surface area (Å²) in [6.45, 7) is 5.52. The number of nitrogens with one attached hydrogen (secondary N) is 1. The zero-order valence-corrected chi connectivity index (χ0v) is 14.0. The van der Waals surface area contributed by atoms with Crippen LogP contribution in [0, 0.1) is 0 Å². The van der Waals surface area contributed by atoms with Crippen LogP contribution in [0.1, 0.15) is 43.9 Å². The predicted molar refractivity (Wildman–Crippen MR) is 85.5 cm³/mol. The van der Waals surface area contributed by atoms with Crippen molar-refractivity contribution in [1.82, 2.24) is 15.1 Å². The average Bonchev–Trinajstić information content (AvgIpc) is 2.68. The standard InChI is InChI=1S/C14H24ClN3OS/c1-10(2)12-11(13(15)18(3)17-12)8-16-9-14(19)4-6-20-7-5-14/h10,16,19H,4-9H2,1-3H3. The van der Waals surface area contributed by atoms with Crippen LogP contribution < -0.4 is 5.32 Å². The fourth-order valence-electron chi connectivity index (χ4n) is 2.54. The molecule has 1 aliphatic heterocycles. The van der Waals surface area contributed by atoms with E-state index in [2.05, 4.69) is 24.3 Å². The van der Waals surface area contributed by atoms with Crippen LogP contribution in [0.3, 0.4) is 0 Å². The molecular formula is C14H24ClN3OS. The Morgan fingerprint density at radius 2 is 2.10 bits per heavy atom. The molecule has 0 radical (unpaired) electrons. The molecule has 0 aliphatic carbocycles. The zero-order valence-electron chi connectivity index (χ0n) is 12.4. The molecule has 1 aromatic heterocycles. The molecule has 1 aromatic rings. The molecule has 6 heteroatoms. The van der Waals surface area contributed by atoms with Gasteiger partial charge in [-0.2, -0.15) is 16.9 Å². The first-order valence-corrected chi connectivity index (χ1v) is 8.68. The molecule has 0 atom stereocenters. The molecule has 1 fully saturated rings. The molecule has 0 saturated carbocycles. The van der Waals surface area contributed by atoms with Crippen LogP contribution in [0.15, 0.2) is 0 Å². The molecule has 0 aromatic carbocycles. The maximum Gasteiger partial charge on any atom is 0.131 e. The van der Waals surface area contributed by atoms with E-state index in [1.807, 2.05) is 18.8 Å². The number of nitrogens with zero attached hydrogens (tertiary/aromatic N) is 2. The highest BCUT2D eigenvalue weighted by Crippen LogP contribution is 2.27. The lowest BCUT2D eigenvalue weighted by molar-refractivity contribution is 0.0320. The summed E-state index contributed by atoms with van der Waals surface area (Å²) in [6, 6.07) is 0. The van der Waals surface area contributed by atoms with E-state index in [-0.39, 0.29) is 0 Å². The highest BCUT2D eigenvalue weighted by molar-refractivity contribution is 7.99. The Balaban J connectivity index is 1.97. The molecule has 0 unspecified atom stereocenters. The van der Waals surface area contributed by atoms with Gasteiger partial charge in [0.25, 0.3) is 0 Å². The second kappa shape index (κ2) is 6.69. The topological polar surface area (TPSA) is 50.1 Å². The Hall–Kier alpha value is -0.230. The number of thioether (sulfide) groups is 1. The summed E-state index contributed by atoms with van der Waals surface area (Å²) in [4.78, 5) is 0. The summed E-state index contributed by atoms with van der Waals surface area (Å²) in [7, 11) is 1.86. The van der Waals surface area contributed by atoms with Gasteiger partial charge in [-0.15, -0.1) is 0 Å². The van der Waals surface area contributed by atoms with Gasteiger partial charge in [0.15, 0.2) is 0 Å². The first-order chi connectivity index (χ1) is 9.43. The fourth-order valence-corrected chi connectivity index (χ4v) is 4.00. The minimum Gasteiger partial charge on any atom is -0.389 e. The molecule has 1 saturated heterocycles. The van der Waals surface area contributed by atoms with Crippen LogP contribution in [-0.2, 0) is 13.6 Å². The van der Waals surface area contributed by atoms with Crippen molar-refractivity contribution in [2.75, 3.05) is 18.1 Å². The van der Waals surface area contributed by atoms with Crippen molar-refractivity contribution >= 4 is 23.4 Å². The van der Waals surface area contributed by atoms with E-state index in [4.69, 9.17) is 11.6 Å². The number of hydrogen-bond donors (Lipinski definition) is 2. The van der Waals surface area contributed by atoms with Gasteiger partial charge in [0.2, 0.25) is 0 Å². The average molecular weight is 318 g/mol. The van der Waals surface area contributed by atoms with Crippen LogP contribution in [0.5, 0.6) is 0 Å². The number of aryl methyl sites for hydroxylation is 1. The minimum absolute atomic E-state index is 0.347. The zero-order chi connectivity index (χ0) is 14.8. The summed E-state index contributed by atoms with van der Waals surface area (Å²) in [5.74, 6) is 2.44. The summed E-state index contributed by atoms with van der Waals surface area (Å²) < 4.78 is 1.72. The lowest BCUT2D eigenvalue weighted by Crippen LogP contribution is -2.43. The van der Waals surface area contributed by atoms with Crippen molar-refractivity contribution in [3.8, 4) is 0 Å². The number of halogens is 1. The number of aliphatic hydroxyl groups is 1. The van der Waals surface area contributed by atoms with Crippen molar-refractivity contribution in [2.24, 2.45) is 7.05 Å². The normalized spacial score (nSPS) is 18.7. The van der Waals surface area contributed by atoms with Gasteiger partial charge in [0.1, 0.15) is 5.15 Å². The van der Waals surface area contributed by atoms with Crippen molar-refractivity contribution in [3.63, 3.8) is 0 Å². The highest BCUT2D eigenvalue weighted by Gasteiger charge is 2.29. The van der Waals surface area contributed by atoms with Gasteiger partial charge in [0.05, 0.1) is 11.3 Å². The van der Waals surface area contributed by atoms with E-state index in [1.165, 1.54) is 0 Å². The SMILES string of the molecule is CC(C)c1nn(C)c(Cl)c1CNCC1(O)CCSCC1. The van der Waals surface area contributed by atoms with Gasteiger partial charge < -0.3 is 10.4 Å². The van der Waals surface area contributed by atoms with E-state index in [1.54, 1.807) is 4.68 Å². The second-order valence-electron chi connectivity index (χ2n) is 5.87. The van der Waals surface area contributed by atoms with Crippen molar-refractivity contribution in [3.05, 3.63) is 16.4 Å². The largest absolute Gasteiger partial charge is 0.389 e. The Morgan fingerprint density at radius 3 is 2.70 bits per heavy atom. The van der Waals surface area contributed by atoms with E-state index < -0.39 is 5.60 Å². The van der Waals surface area contributed by atoms with Gasteiger partial charge in [0, 0.05) is 25.7 Å². The molecule has 0 bridgehead atoms. The Kier molecular flexibility index (Phi) is 5.40. The maximum absolute atomic E-state index is 10.5. The summed E-state index contributed by atoms with van der Waals surface area (Å²) >= 11 is 8.23. The first-order valence-electron chi connectivity index (χ1n) is 7.15. The number of rotatable bonds is 5. The lowest BCUT2D eigenvalue weighted by atomic mass is 9.96. The Labute approximate surface area is 130 Å². The van der Waals surface area contributed by atoms with E-state index in [9.17, 15) is 5.11 Å². The van der Waals surface area contributed by atoms with Crippen molar-refractivity contribution < 1.29 is 5.11 Å². The molecule has 2 rings (SSSR count). The third-order valence-corrected chi connectivity index (χ3v) is 5.28. The third kappa shape index (κ3) is 3.70. The number of hydrogen-bond acceptors (Lipinski definition) is 4. The summed E-state index contributed by atoms with van der Waals surface area (Å²) in [5.41, 5.74) is 1.53. The summed E-state index contributed by atoms with van der Waals surface area (Å²) in [5, 5.41) is 19.0. The summed E-state index contributed by atoms with van der Waals surface area (Å²) in [6.07, 6.45) is 1.73. The Morgan fingerprint density at radius 1 is 1.45 bits per heavy atom. The first kappa shape index (κ1) is 16.1. The molecule has 1 aliphatic rings. The van der Waals surface area contributed by atoms with Gasteiger partial charge >= 0.3 is 0 Å². The van der Waals surface area contributed by atoms with Crippen LogP contribution in [0.4, 0.5) is 0 Å². The monoisotopic (exact) mass is 317 g/mol. The van der Waals surface area contributed by atoms with E-state index >= 15 is 0 Å². The van der Waals surface area contributed by atoms with Crippen LogP contribution in [-0.4, -0.2) is 38.5 Å². The molecule has 0 spiro atoms. The van der Waals surface area contributed by atoms with Crippen LogP contribution in [0.2, 0.25) is 5.15 Å². The van der Waals surface area contributed by atoms with E-state index in [0.29, 0.717) is 24.2 Å². The molecule has 114 valence electrons. The van der Waals surface area contributed by atoms with Gasteiger partial charge in [-0.05, 0) is 30.3 Å². The maximum atomic E-state index is 10.5. The minimum atomic E-state index is -0.558. The molecule has 2 heterocycles. The smallest absolute Gasteiger partial charge is 0.131 e. The van der Waals surface area contributed by atoms with Crippen molar-refractivity contribution in [2.45, 2.75) is 44.8 Å². The highest BCUT2D eigenvalue weighted by atomic mass is 35.5. The predicted octanol–water partition coefficient (Wildman–Crippen LogP) is 2.54. The molecule has 2 N–H and O–H groups in total. The quantitative estimate of drug-likeness (QED) is 0.876. The Bertz CT molecular complexity index is 456. The van der Waals surface area contributed by atoms with Crippen molar-refractivity contribution in [1.29, 1.82) is 0 Å². The molecule has 20 heavy (non-hydrogen) atoms. The van der Waals surface area contributed by atoms with Gasteiger partial charge in [-0.1, -0.05) is 25.4 Å². The fraction of sp³-hybridized carbons (Fsp3) is 0.786. The third-order valence-electron chi connectivity index (χ3n) is 3.83. The molecule has 0 amide bonds. The van der Waals surface area contributed by atoms with Crippen LogP contribution in [0.25, 0.3) is 0 Å². The van der Waals surface area contributed by atoms with Crippen LogP contribution >= 0.6 is 23.4 Å². The second-order valence-corrected chi connectivity index (χ2v) is 7.46. The molecular weight excluding hydrogens is 294 g/mol. The van der Waals surface area contributed by atoms with E-state index in [0.717, 1.165) is 35.6 Å². The number of aromatic nitrogens is 2.